The molecule has 6 aromatic carbocycles. The second-order valence-corrected chi connectivity index (χ2v) is 10.9. The monoisotopic (exact) mass is 672 g/mol. The Morgan fingerprint density at radius 2 is 0.939 bits per heavy atom. The fourth-order valence-corrected chi connectivity index (χ4v) is 5.45. The van der Waals surface area contributed by atoms with E-state index in [0.717, 1.165) is 35.0 Å². The van der Waals surface area contributed by atoms with Gasteiger partial charge in [0.05, 0.1) is 29.6 Å². The topological polar surface area (TPSA) is 90.9 Å². The van der Waals surface area contributed by atoms with Crippen molar-refractivity contribution in [3.8, 4) is 22.9 Å². The summed E-state index contributed by atoms with van der Waals surface area (Å²) < 4.78 is 82.4. The van der Waals surface area contributed by atoms with Gasteiger partial charge in [-0.1, -0.05) is 48.5 Å². The van der Waals surface area contributed by atoms with Gasteiger partial charge in [-0.25, -0.2) is 0 Å². The van der Waals surface area contributed by atoms with Crippen LogP contribution in [0.25, 0.3) is 55.0 Å². The fourth-order valence-electron chi connectivity index (χ4n) is 5.45. The van der Waals surface area contributed by atoms with Gasteiger partial charge < -0.3 is 9.84 Å². The quantitative estimate of drug-likeness (QED) is 0.189. The average molecular weight is 673 g/mol. The van der Waals surface area contributed by atoms with Crippen molar-refractivity contribution in [3.05, 3.63) is 120 Å². The maximum atomic E-state index is 12.9. The van der Waals surface area contributed by atoms with E-state index in [0.29, 0.717) is 38.9 Å². The number of benzene rings is 6. The molecule has 49 heavy (non-hydrogen) atoms. The van der Waals surface area contributed by atoms with Gasteiger partial charge in [0.25, 0.3) is 0 Å². The van der Waals surface area contributed by atoms with Gasteiger partial charge in [-0.2, -0.15) is 26.3 Å². The van der Waals surface area contributed by atoms with Crippen LogP contribution in [0.5, 0.6) is 11.5 Å². The molecule has 8 rings (SSSR count). The summed E-state index contributed by atoms with van der Waals surface area (Å²) in [6, 6.07) is 28.0. The third-order valence-electron chi connectivity index (χ3n) is 7.81. The van der Waals surface area contributed by atoms with E-state index in [2.05, 4.69) is 20.4 Å². The zero-order chi connectivity index (χ0) is 34.5. The highest BCUT2D eigenvalue weighted by Gasteiger charge is 2.32. The van der Waals surface area contributed by atoms with E-state index in [1.807, 2.05) is 24.3 Å². The van der Waals surface area contributed by atoms with E-state index in [4.69, 9.17) is 4.74 Å². The summed E-state index contributed by atoms with van der Waals surface area (Å²) >= 11 is 0. The van der Waals surface area contributed by atoms with Gasteiger partial charge in [-0.05, 0) is 60.7 Å². The standard InChI is InChI=1S/C18H12F3N3O.C17H10F3N3O/c1-25-17-9-8-16(12-4-2-3-5-13(12)17)24-22-14-7-6-11(18(19,20)21)10-15(14)23-24;18-17(19,20)10-5-6-13-14(9-10)22-23(21-13)15-7-8-16(24)12-4-2-1-3-11(12)15/h2-10H,1H3;1-9,24H. The molecule has 246 valence electrons. The predicted octanol–water partition coefficient (Wildman–Crippen LogP) is 8.90. The third kappa shape index (κ3) is 5.92. The van der Waals surface area contributed by atoms with E-state index in [-0.39, 0.29) is 16.8 Å². The van der Waals surface area contributed by atoms with Crippen molar-refractivity contribution in [2.24, 2.45) is 0 Å². The average Bonchev–Trinajstić information content (AvgIpc) is 3.71. The van der Waals surface area contributed by atoms with Crippen LogP contribution in [-0.4, -0.2) is 42.2 Å². The molecule has 0 atom stereocenters. The lowest BCUT2D eigenvalue weighted by molar-refractivity contribution is -0.138. The molecule has 0 radical (unpaired) electrons. The largest absolute Gasteiger partial charge is 0.507 e. The Hall–Kier alpha value is -6.18. The summed E-state index contributed by atoms with van der Waals surface area (Å²) in [4.78, 5) is 2.64. The first kappa shape index (κ1) is 31.4. The van der Waals surface area contributed by atoms with Crippen molar-refractivity contribution >= 4 is 43.6 Å². The number of phenolic OH excluding ortho intramolecular Hbond substituents is 1. The van der Waals surface area contributed by atoms with E-state index in [1.165, 1.54) is 27.8 Å². The molecule has 0 aliphatic carbocycles. The maximum Gasteiger partial charge on any atom is 0.416 e. The second kappa shape index (κ2) is 11.8. The van der Waals surface area contributed by atoms with Crippen molar-refractivity contribution in [1.29, 1.82) is 0 Å². The first-order valence-electron chi connectivity index (χ1n) is 14.6. The van der Waals surface area contributed by atoms with Crippen LogP contribution in [-0.2, 0) is 12.4 Å². The zero-order valence-corrected chi connectivity index (χ0v) is 25.2. The number of nitrogens with zero attached hydrogens (tertiary/aromatic N) is 6. The van der Waals surface area contributed by atoms with E-state index >= 15 is 0 Å². The predicted molar refractivity (Wildman–Crippen MR) is 171 cm³/mol. The Morgan fingerprint density at radius 1 is 0.510 bits per heavy atom. The van der Waals surface area contributed by atoms with Gasteiger partial charge >= 0.3 is 12.4 Å². The second-order valence-electron chi connectivity index (χ2n) is 10.9. The zero-order valence-electron chi connectivity index (χ0n) is 25.2. The molecule has 0 saturated carbocycles. The molecule has 0 spiro atoms. The normalized spacial score (nSPS) is 12.1. The summed E-state index contributed by atoms with van der Waals surface area (Å²) in [6.45, 7) is 0. The van der Waals surface area contributed by atoms with Crippen LogP contribution in [0, 0.1) is 0 Å². The van der Waals surface area contributed by atoms with E-state index < -0.39 is 23.5 Å². The number of hydrogen-bond donors (Lipinski definition) is 1. The molecule has 8 nitrogen and oxygen atoms in total. The van der Waals surface area contributed by atoms with Crippen LogP contribution in [0.4, 0.5) is 26.3 Å². The Balaban J connectivity index is 0.000000154. The Labute approximate surface area is 272 Å². The van der Waals surface area contributed by atoms with E-state index in [1.54, 1.807) is 49.6 Å². The number of aromatic nitrogens is 6. The number of methoxy groups -OCH3 is 1. The van der Waals surface area contributed by atoms with Crippen molar-refractivity contribution in [1.82, 2.24) is 30.0 Å². The molecule has 0 amide bonds. The molecule has 0 unspecified atom stereocenters. The maximum absolute atomic E-state index is 12.9. The molecule has 2 heterocycles. The molecule has 0 aliphatic heterocycles. The third-order valence-corrected chi connectivity index (χ3v) is 7.81. The summed E-state index contributed by atoms with van der Waals surface area (Å²) in [7, 11) is 1.58. The molecular weight excluding hydrogens is 650 g/mol. The van der Waals surface area contributed by atoms with Crippen LogP contribution < -0.4 is 4.74 Å². The lowest BCUT2D eigenvalue weighted by atomic mass is 10.1. The molecule has 2 aromatic heterocycles. The number of rotatable bonds is 3. The number of halogens is 6. The molecule has 0 aliphatic rings. The van der Waals surface area contributed by atoms with Gasteiger partial charge in [0.1, 0.15) is 33.6 Å². The lowest BCUT2D eigenvalue weighted by Crippen LogP contribution is -2.04. The summed E-state index contributed by atoms with van der Waals surface area (Å²) in [5.74, 6) is 0.820. The minimum Gasteiger partial charge on any atom is -0.507 e. The van der Waals surface area contributed by atoms with Crippen molar-refractivity contribution < 1.29 is 36.2 Å². The Kier molecular flexibility index (Phi) is 7.57. The number of aromatic hydroxyl groups is 1. The molecule has 0 bridgehead atoms. The summed E-state index contributed by atoms with van der Waals surface area (Å²) in [5.41, 5.74) is 0.836. The number of phenols is 1. The van der Waals surface area contributed by atoms with Gasteiger partial charge in [0.15, 0.2) is 0 Å². The number of alkyl halides is 6. The van der Waals surface area contributed by atoms with Gasteiger partial charge in [0.2, 0.25) is 0 Å². The summed E-state index contributed by atoms with van der Waals surface area (Å²) in [6.07, 6.45) is -8.84. The van der Waals surface area contributed by atoms with Gasteiger partial charge in [-0.15, -0.1) is 30.0 Å². The molecule has 0 fully saturated rings. The smallest absolute Gasteiger partial charge is 0.416 e. The lowest BCUT2D eigenvalue weighted by Gasteiger charge is -2.09. The highest BCUT2D eigenvalue weighted by Crippen LogP contribution is 2.34. The summed E-state index contributed by atoms with van der Waals surface area (Å²) in [5, 5.41) is 29.9. The first-order chi connectivity index (χ1) is 23.4. The molecule has 14 heteroatoms. The van der Waals surface area contributed by atoms with Crippen LogP contribution in [0.2, 0.25) is 0 Å². The van der Waals surface area contributed by atoms with Crippen LogP contribution in [0.3, 0.4) is 0 Å². The molecule has 8 aromatic rings. The molecule has 0 saturated heterocycles. The van der Waals surface area contributed by atoms with Gasteiger partial charge in [0, 0.05) is 21.5 Å². The number of fused-ring (bicyclic) bond motifs is 4. The van der Waals surface area contributed by atoms with E-state index in [9.17, 15) is 31.4 Å². The number of ether oxygens (including phenoxy) is 1. The van der Waals surface area contributed by atoms with Crippen LogP contribution >= 0.6 is 0 Å². The fraction of sp³-hybridized carbons (Fsp3) is 0.0857. The SMILES string of the molecule is COc1ccc(-n2nc3ccc(C(F)(F)F)cc3n2)c2ccccc12.Oc1ccc(-n2nc3ccc(C(F)(F)F)cc3n2)c2ccccc12. The molecular formula is C35H22F6N6O2. The Bertz CT molecular complexity index is 2500. The van der Waals surface area contributed by atoms with Crippen molar-refractivity contribution in [2.45, 2.75) is 12.4 Å². The van der Waals surface area contributed by atoms with Crippen LogP contribution in [0.1, 0.15) is 11.1 Å². The van der Waals surface area contributed by atoms with Crippen LogP contribution in [0.15, 0.2) is 109 Å². The minimum atomic E-state index is -4.43. The number of hydrogen-bond acceptors (Lipinski definition) is 6. The molecule has 1 N–H and O–H groups in total. The van der Waals surface area contributed by atoms with Gasteiger partial charge in [-0.3, -0.25) is 0 Å². The van der Waals surface area contributed by atoms with Crippen molar-refractivity contribution in [2.75, 3.05) is 7.11 Å². The highest BCUT2D eigenvalue weighted by molar-refractivity contribution is 5.95. The first-order valence-corrected chi connectivity index (χ1v) is 14.6. The van der Waals surface area contributed by atoms with Crippen molar-refractivity contribution in [3.63, 3.8) is 0 Å². The Morgan fingerprint density at radius 3 is 1.43 bits per heavy atom. The minimum absolute atomic E-state index is 0.116. The highest BCUT2D eigenvalue weighted by atomic mass is 19.4.